The van der Waals surface area contributed by atoms with Gasteiger partial charge in [0, 0.05) is 38.4 Å². The Labute approximate surface area is 167 Å². The van der Waals surface area contributed by atoms with Crippen molar-refractivity contribution in [3.05, 3.63) is 65.5 Å². The summed E-state index contributed by atoms with van der Waals surface area (Å²) in [6.45, 7) is 10.6. The van der Waals surface area contributed by atoms with Gasteiger partial charge in [0.05, 0.1) is 0 Å². The van der Waals surface area contributed by atoms with Crippen molar-refractivity contribution < 1.29 is 9.18 Å². The topological polar surface area (TPSA) is 35.6 Å². The Kier molecular flexibility index (Phi) is 6.35. The summed E-state index contributed by atoms with van der Waals surface area (Å²) in [4.78, 5) is 16.7. The summed E-state index contributed by atoms with van der Waals surface area (Å²) >= 11 is 0. The number of halogens is 1. The van der Waals surface area contributed by atoms with E-state index in [2.05, 4.69) is 43.1 Å². The van der Waals surface area contributed by atoms with Crippen molar-refractivity contribution in [2.24, 2.45) is 0 Å². The van der Waals surface area contributed by atoms with Gasteiger partial charge >= 0.3 is 6.03 Å². The minimum absolute atomic E-state index is 0.0401. The molecule has 1 heterocycles. The molecule has 0 unspecified atom stereocenters. The van der Waals surface area contributed by atoms with Crippen LogP contribution in [0.2, 0.25) is 0 Å². The Morgan fingerprint density at radius 2 is 1.57 bits per heavy atom. The zero-order valence-corrected chi connectivity index (χ0v) is 17.0. The molecule has 2 aromatic carbocycles. The van der Waals surface area contributed by atoms with Gasteiger partial charge in [-0.2, -0.15) is 0 Å². The first-order chi connectivity index (χ1) is 13.3. The van der Waals surface area contributed by atoms with Gasteiger partial charge in [0.1, 0.15) is 5.82 Å². The molecule has 0 saturated carbocycles. The molecule has 4 nitrogen and oxygen atoms in total. The number of nitrogens with one attached hydrogen (secondary N) is 1. The fraction of sp³-hybridized carbons (Fsp3) is 0.435. The average molecular weight is 384 g/mol. The largest absolute Gasteiger partial charge is 0.322 e. The second-order valence-electron chi connectivity index (χ2n) is 8.46. The Bertz CT molecular complexity index is 773. The molecule has 0 spiro atoms. The molecule has 5 heteroatoms. The molecule has 0 bridgehead atoms. The van der Waals surface area contributed by atoms with Gasteiger partial charge < -0.3 is 10.2 Å². The first-order valence-electron chi connectivity index (χ1n) is 9.94. The summed E-state index contributed by atoms with van der Waals surface area (Å²) in [6.07, 6.45) is 0.895. The van der Waals surface area contributed by atoms with Crippen molar-refractivity contribution in [2.45, 2.75) is 32.6 Å². The number of carbonyl (C=O) groups excluding carboxylic acids is 1. The van der Waals surface area contributed by atoms with Crippen LogP contribution in [0.15, 0.2) is 48.5 Å². The summed E-state index contributed by atoms with van der Waals surface area (Å²) in [7, 11) is 0. The number of nitrogens with zero attached hydrogens (tertiary/aromatic N) is 2. The average Bonchev–Trinajstić information content (AvgIpc) is 2.67. The quantitative estimate of drug-likeness (QED) is 0.843. The third kappa shape index (κ3) is 5.55. The van der Waals surface area contributed by atoms with Gasteiger partial charge in [0.25, 0.3) is 0 Å². The number of anilines is 1. The van der Waals surface area contributed by atoms with E-state index in [-0.39, 0.29) is 17.3 Å². The molecule has 1 aliphatic heterocycles. The Morgan fingerprint density at radius 3 is 2.14 bits per heavy atom. The third-order valence-corrected chi connectivity index (χ3v) is 5.29. The maximum Gasteiger partial charge on any atom is 0.321 e. The van der Waals surface area contributed by atoms with Crippen LogP contribution in [-0.4, -0.2) is 48.6 Å². The van der Waals surface area contributed by atoms with Gasteiger partial charge in [-0.1, -0.05) is 45.0 Å². The maximum absolute atomic E-state index is 13.0. The van der Waals surface area contributed by atoms with E-state index < -0.39 is 0 Å². The van der Waals surface area contributed by atoms with Gasteiger partial charge in [-0.25, -0.2) is 9.18 Å². The standard InChI is InChI=1S/C23H30FN3O/c1-23(2,3)19-6-10-21(11-7-19)25-22(28)27-16-14-26(15-17-27)13-12-18-4-8-20(24)9-5-18/h4-11H,12-17H2,1-3H3,(H,25,28). The van der Waals surface area contributed by atoms with Crippen LogP contribution < -0.4 is 5.32 Å². The highest BCUT2D eigenvalue weighted by Gasteiger charge is 2.21. The van der Waals surface area contributed by atoms with Crippen molar-refractivity contribution in [1.82, 2.24) is 9.80 Å². The zero-order chi connectivity index (χ0) is 20.1. The predicted molar refractivity (Wildman–Crippen MR) is 112 cm³/mol. The van der Waals surface area contributed by atoms with E-state index in [0.29, 0.717) is 0 Å². The van der Waals surface area contributed by atoms with Gasteiger partial charge in [0.15, 0.2) is 0 Å². The van der Waals surface area contributed by atoms with Crippen LogP contribution in [0.5, 0.6) is 0 Å². The minimum atomic E-state index is -0.198. The number of rotatable bonds is 4. The van der Waals surface area contributed by atoms with Crippen LogP contribution in [0, 0.1) is 5.82 Å². The van der Waals surface area contributed by atoms with E-state index >= 15 is 0 Å². The van der Waals surface area contributed by atoms with E-state index in [4.69, 9.17) is 0 Å². The first-order valence-corrected chi connectivity index (χ1v) is 9.94. The molecule has 150 valence electrons. The van der Waals surface area contributed by atoms with Crippen molar-refractivity contribution in [2.75, 3.05) is 38.0 Å². The molecule has 28 heavy (non-hydrogen) atoms. The van der Waals surface area contributed by atoms with Gasteiger partial charge in [-0.05, 0) is 47.2 Å². The lowest BCUT2D eigenvalue weighted by Gasteiger charge is -2.34. The van der Waals surface area contributed by atoms with Crippen LogP contribution in [-0.2, 0) is 11.8 Å². The number of piperazine rings is 1. The minimum Gasteiger partial charge on any atom is -0.322 e. The van der Waals surface area contributed by atoms with Crippen molar-refractivity contribution in [3.8, 4) is 0 Å². The number of amides is 2. The molecule has 1 fully saturated rings. The number of hydrogen-bond acceptors (Lipinski definition) is 2. The molecule has 2 aromatic rings. The molecule has 0 atom stereocenters. The summed E-state index contributed by atoms with van der Waals surface area (Å²) in [5.41, 5.74) is 3.32. The highest BCUT2D eigenvalue weighted by molar-refractivity contribution is 5.89. The fourth-order valence-corrected chi connectivity index (χ4v) is 3.37. The number of hydrogen-bond donors (Lipinski definition) is 1. The van der Waals surface area contributed by atoms with E-state index in [1.54, 1.807) is 0 Å². The van der Waals surface area contributed by atoms with Crippen LogP contribution in [0.3, 0.4) is 0 Å². The summed E-state index contributed by atoms with van der Waals surface area (Å²) < 4.78 is 13.0. The number of carbonyl (C=O) groups is 1. The molecule has 1 saturated heterocycles. The molecule has 3 rings (SSSR count). The molecule has 2 amide bonds. The van der Waals surface area contributed by atoms with E-state index in [9.17, 15) is 9.18 Å². The van der Waals surface area contributed by atoms with E-state index in [0.717, 1.165) is 50.4 Å². The highest BCUT2D eigenvalue weighted by atomic mass is 19.1. The van der Waals surface area contributed by atoms with Crippen LogP contribution in [0.25, 0.3) is 0 Å². The smallest absolute Gasteiger partial charge is 0.321 e. The van der Waals surface area contributed by atoms with Crippen molar-refractivity contribution in [1.29, 1.82) is 0 Å². The molecular weight excluding hydrogens is 353 g/mol. The molecular formula is C23H30FN3O. The van der Waals surface area contributed by atoms with Crippen LogP contribution in [0.1, 0.15) is 31.9 Å². The van der Waals surface area contributed by atoms with E-state index in [1.807, 2.05) is 29.2 Å². The maximum atomic E-state index is 13.0. The van der Waals surface area contributed by atoms with Crippen molar-refractivity contribution in [3.63, 3.8) is 0 Å². The monoisotopic (exact) mass is 383 g/mol. The second-order valence-corrected chi connectivity index (χ2v) is 8.46. The van der Waals surface area contributed by atoms with Crippen LogP contribution in [0.4, 0.5) is 14.9 Å². The zero-order valence-electron chi connectivity index (χ0n) is 17.0. The summed E-state index contributed by atoms with van der Waals surface area (Å²) in [5.74, 6) is -0.198. The van der Waals surface area contributed by atoms with E-state index in [1.165, 1.54) is 17.7 Å². The predicted octanol–water partition coefficient (Wildman–Crippen LogP) is 4.52. The summed E-state index contributed by atoms with van der Waals surface area (Å²) in [5, 5.41) is 3.00. The molecule has 0 radical (unpaired) electrons. The first kappa shape index (κ1) is 20.3. The van der Waals surface area contributed by atoms with Gasteiger partial charge in [-0.3, -0.25) is 4.90 Å². The number of benzene rings is 2. The normalized spacial score (nSPS) is 15.5. The Morgan fingerprint density at radius 1 is 0.964 bits per heavy atom. The lowest BCUT2D eigenvalue weighted by molar-refractivity contribution is 0.148. The second kappa shape index (κ2) is 8.74. The molecule has 1 N–H and O–H groups in total. The Hall–Kier alpha value is -2.40. The van der Waals surface area contributed by atoms with Crippen molar-refractivity contribution >= 4 is 11.7 Å². The van der Waals surface area contributed by atoms with Gasteiger partial charge in [0.2, 0.25) is 0 Å². The fourth-order valence-electron chi connectivity index (χ4n) is 3.37. The highest BCUT2D eigenvalue weighted by Crippen LogP contribution is 2.23. The molecule has 0 aromatic heterocycles. The molecule has 1 aliphatic rings. The lowest BCUT2D eigenvalue weighted by atomic mass is 9.87. The summed E-state index contributed by atoms with van der Waals surface area (Å²) in [6, 6.07) is 14.7. The Balaban J connectivity index is 1.44. The van der Waals surface area contributed by atoms with Gasteiger partial charge in [-0.15, -0.1) is 0 Å². The van der Waals surface area contributed by atoms with Crippen LogP contribution >= 0.6 is 0 Å². The third-order valence-electron chi connectivity index (χ3n) is 5.29. The SMILES string of the molecule is CC(C)(C)c1ccc(NC(=O)N2CCN(CCc3ccc(F)cc3)CC2)cc1. The number of urea groups is 1. The molecule has 0 aliphatic carbocycles. The lowest BCUT2D eigenvalue weighted by Crippen LogP contribution is -2.50.